The molecule has 3 aromatic heterocycles. The second kappa shape index (κ2) is 13.6. The highest BCUT2D eigenvalue weighted by atomic mass is 32.2. The van der Waals surface area contributed by atoms with Gasteiger partial charge < -0.3 is 43.4 Å². The Morgan fingerprint density at radius 1 is 0.984 bits per heavy atom. The molecule has 0 aliphatic carbocycles. The number of oxazole rings is 2. The summed E-state index contributed by atoms with van der Waals surface area (Å²) in [5, 5.41) is 9.69. The third kappa shape index (κ3) is 5.82. The molecular formula is C44H33F3N6O9S. The van der Waals surface area contributed by atoms with E-state index in [4.69, 9.17) is 27.5 Å². The first-order chi connectivity index (χ1) is 30.2. The second-order valence-corrected chi connectivity index (χ2v) is 17.5. The van der Waals surface area contributed by atoms with Gasteiger partial charge in [-0.3, -0.25) is 4.79 Å². The topological polar surface area (TPSA) is 200 Å². The van der Waals surface area contributed by atoms with Gasteiger partial charge in [-0.1, -0.05) is 74.5 Å². The Labute approximate surface area is 355 Å². The van der Waals surface area contributed by atoms with Crippen molar-refractivity contribution >= 4 is 38.7 Å². The summed E-state index contributed by atoms with van der Waals surface area (Å²) < 4.78 is 95.7. The number of hydrogen-bond acceptors (Lipinski definition) is 12. The van der Waals surface area contributed by atoms with E-state index in [-0.39, 0.29) is 53.1 Å². The quantitative estimate of drug-likeness (QED) is 0.0934. The van der Waals surface area contributed by atoms with Crippen LogP contribution < -0.4 is 24.9 Å². The summed E-state index contributed by atoms with van der Waals surface area (Å²) in [6.07, 6.45) is 1.26. The molecule has 2 amide bonds. The Morgan fingerprint density at radius 2 is 1.81 bits per heavy atom. The fourth-order valence-electron chi connectivity index (χ4n) is 9.04. The molecule has 0 fully saturated rings. The number of aromatic amines is 1. The number of halogens is 3. The number of aromatic nitrogens is 3. The van der Waals surface area contributed by atoms with Gasteiger partial charge in [-0.25, -0.2) is 14.8 Å². The van der Waals surface area contributed by atoms with Crippen molar-refractivity contribution < 1.29 is 53.7 Å². The summed E-state index contributed by atoms with van der Waals surface area (Å²) in [7, 11) is -6.05. The summed E-state index contributed by atoms with van der Waals surface area (Å²) in [4.78, 5) is 40.2. The summed E-state index contributed by atoms with van der Waals surface area (Å²) >= 11 is 0. The van der Waals surface area contributed by atoms with Crippen LogP contribution in [-0.4, -0.2) is 53.1 Å². The number of rotatable bonds is 6. The van der Waals surface area contributed by atoms with E-state index < -0.39 is 57.1 Å². The molecule has 1 spiro atoms. The number of nitrogens with one attached hydrogen (secondary N) is 4. The van der Waals surface area contributed by atoms with Crippen LogP contribution >= 0.6 is 0 Å². The molecule has 19 heteroatoms. The number of anilines is 1. The van der Waals surface area contributed by atoms with Crippen molar-refractivity contribution in [2.75, 3.05) is 5.32 Å². The largest absolute Gasteiger partial charge is 0.534 e. The standard InChI is InChI=1S/C44H33F3N6O9S/c1-20(2)33-40-52-36-37(61-40)43-26-10-6-9-24(23-12-14-30(62-63(56,57)44(45,46)47)35-32(23)25(17-48-35)31-18-49-39(36)59-31)34(26)53-41(43)60-29-13-11-22(15-27(29)43)16-28(38(54)51-33)50-42(55)58-19-21-7-4-3-5-8-21/h3-15,17-18,20,28,33,41,48,53H,16,19H2,1-2H3,(H,50,55)(H,51,54)/t28-,33-,41-,43?/m0/s1. The van der Waals surface area contributed by atoms with E-state index >= 15 is 0 Å². The molecule has 4 aliphatic rings. The van der Waals surface area contributed by atoms with Crippen molar-refractivity contribution in [2.24, 2.45) is 5.92 Å². The Kier molecular flexibility index (Phi) is 8.34. The van der Waals surface area contributed by atoms with Crippen LogP contribution in [0.1, 0.15) is 53.8 Å². The monoisotopic (exact) mass is 878 g/mol. The molecule has 0 saturated carbocycles. The lowest BCUT2D eigenvalue weighted by atomic mass is 9.72. The molecule has 0 saturated heterocycles. The Balaban J connectivity index is 1.12. The third-order valence-corrected chi connectivity index (χ3v) is 12.9. The van der Waals surface area contributed by atoms with Crippen LogP contribution in [0.5, 0.6) is 11.5 Å². The first kappa shape index (κ1) is 38.6. The van der Waals surface area contributed by atoms with Crippen LogP contribution in [0.2, 0.25) is 0 Å². The van der Waals surface area contributed by atoms with Crippen molar-refractivity contribution in [3.05, 3.63) is 125 Å². The van der Waals surface area contributed by atoms with E-state index in [0.717, 1.165) is 11.6 Å². The highest BCUT2D eigenvalue weighted by Gasteiger charge is 2.62. The number of para-hydroxylation sites is 1. The zero-order chi connectivity index (χ0) is 43.6. The Morgan fingerprint density at radius 3 is 2.60 bits per heavy atom. The van der Waals surface area contributed by atoms with Crippen LogP contribution in [0.25, 0.3) is 44.9 Å². The third-order valence-electron chi connectivity index (χ3n) is 11.9. The van der Waals surface area contributed by atoms with E-state index in [2.05, 4.69) is 25.9 Å². The molecule has 1 unspecified atom stereocenters. The molecule has 4 N–H and O–H groups in total. The minimum Gasteiger partial charge on any atom is -0.469 e. The van der Waals surface area contributed by atoms with Crippen LogP contribution in [0.4, 0.5) is 23.7 Å². The lowest BCUT2D eigenvalue weighted by molar-refractivity contribution is -0.124. The molecule has 320 valence electrons. The van der Waals surface area contributed by atoms with Gasteiger partial charge in [0, 0.05) is 45.9 Å². The molecule has 0 radical (unpaired) electrons. The van der Waals surface area contributed by atoms with Gasteiger partial charge in [-0.2, -0.15) is 21.6 Å². The number of alkyl carbamates (subject to hydrolysis) is 1. The number of nitrogens with zero attached hydrogens (tertiary/aromatic N) is 2. The Hall–Kier alpha value is -7.28. The van der Waals surface area contributed by atoms with Crippen LogP contribution in [0.15, 0.2) is 100 Å². The summed E-state index contributed by atoms with van der Waals surface area (Å²) in [6, 6.07) is 20.9. The fraction of sp³-hybridized carbons (Fsp3) is 0.227. The van der Waals surface area contributed by atoms with Crippen molar-refractivity contribution in [1.82, 2.24) is 25.6 Å². The van der Waals surface area contributed by atoms with Gasteiger partial charge in [-0.15, -0.1) is 0 Å². The van der Waals surface area contributed by atoms with Gasteiger partial charge in [0.1, 0.15) is 29.9 Å². The summed E-state index contributed by atoms with van der Waals surface area (Å²) in [5.41, 5.74) is -2.15. The molecule has 11 rings (SSSR count). The summed E-state index contributed by atoms with van der Waals surface area (Å²) in [5.74, 6) is -0.327. The number of fused-ring (bicyclic) bond motifs is 7. The van der Waals surface area contributed by atoms with Gasteiger partial charge >= 0.3 is 21.7 Å². The number of amides is 2. The SMILES string of the molecule is CC(C)[C@@H]1NC(=O)[C@@H](NC(=O)OCc2ccccc2)Cc2ccc3c(c2)C24c5cccc(c5N[C@H]2O3)-c2ccc(OS(=O)(=O)C(F)(F)F)c3[nH]cc(c23)-c2cnc(o2)-c2nc1oc24. The number of H-pyrrole nitrogens is 1. The number of benzene rings is 4. The average Bonchev–Trinajstić information content (AvgIpc) is 4.08. The molecule has 4 aromatic carbocycles. The van der Waals surface area contributed by atoms with Gasteiger partial charge in [-0.05, 0) is 40.8 Å². The zero-order valence-electron chi connectivity index (χ0n) is 33.0. The van der Waals surface area contributed by atoms with Gasteiger partial charge in [0.05, 0.1) is 11.7 Å². The lowest BCUT2D eigenvalue weighted by Gasteiger charge is -2.28. The predicted molar refractivity (Wildman–Crippen MR) is 218 cm³/mol. The van der Waals surface area contributed by atoms with E-state index in [0.29, 0.717) is 50.6 Å². The van der Waals surface area contributed by atoms with Gasteiger partial charge in [0.15, 0.2) is 29.2 Å². The van der Waals surface area contributed by atoms with E-state index in [1.165, 1.54) is 18.5 Å². The molecule has 7 aromatic rings. The lowest BCUT2D eigenvalue weighted by Crippen LogP contribution is -2.49. The van der Waals surface area contributed by atoms with Crippen LogP contribution in [0.3, 0.4) is 0 Å². The zero-order valence-corrected chi connectivity index (χ0v) is 33.8. The highest BCUT2D eigenvalue weighted by Crippen LogP contribution is 2.61. The molecule has 15 nitrogen and oxygen atoms in total. The van der Waals surface area contributed by atoms with E-state index in [9.17, 15) is 31.2 Å². The number of carbonyl (C=O) groups excluding carboxylic acids is 2. The minimum atomic E-state index is -6.05. The number of ether oxygens (including phenoxy) is 2. The molecule has 10 bridgehead atoms. The van der Waals surface area contributed by atoms with Gasteiger partial charge in [0.2, 0.25) is 17.7 Å². The summed E-state index contributed by atoms with van der Waals surface area (Å²) in [6.45, 7) is 3.76. The van der Waals surface area contributed by atoms with Crippen molar-refractivity contribution in [3.63, 3.8) is 0 Å². The first-order valence-corrected chi connectivity index (χ1v) is 21.2. The van der Waals surface area contributed by atoms with E-state index in [1.54, 1.807) is 6.07 Å². The van der Waals surface area contributed by atoms with Gasteiger partial charge in [0.25, 0.3) is 0 Å². The normalized spacial score (nSPS) is 20.5. The molecule has 63 heavy (non-hydrogen) atoms. The molecule has 7 heterocycles. The molecular weight excluding hydrogens is 846 g/mol. The average molecular weight is 879 g/mol. The van der Waals surface area contributed by atoms with Crippen LogP contribution in [0, 0.1) is 5.92 Å². The second-order valence-electron chi connectivity index (χ2n) is 16.0. The maximum absolute atomic E-state index is 14.3. The van der Waals surface area contributed by atoms with Crippen molar-refractivity contribution in [3.8, 4) is 45.5 Å². The van der Waals surface area contributed by atoms with E-state index in [1.807, 2.05) is 74.5 Å². The van der Waals surface area contributed by atoms with Crippen LogP contribution in [-0.2, 0) is 38.1 Å². The smallest absolute Gasteiger partial charge is 0.469 e. The van der Waals surface area contributed by atoms with Crippen molar-refractivity contribution in [2.45, 2.75) is 56.1 Å². The molecule has 4 aliphatic heterocycles. The maximum atomic E-state index is 14.3. The minimum absolute atomic E-state index is 0.00488. The number of carbonyl (C=O) groups is 2. The Bertz CT molecular complexity index is 3160. The maximum Gasteiger partial charge on any atom is 0.534 e. The number of hydrogen-bond donors (Lipinski definition) is 4. The first-order valence-electron chi connectivity index (χ1n) is 19.8. The molecule has 4 atom stereocenters. The fourth-order valence-corrected chi connectivity index (χ4v) is 9.51. The predicted octanol–water partition coefficient (Wildman–Crippen LogP) is 7.83. The highest BCUT2D eigenvalue weighted by molar-refractivity contribution is 7.88. The number of alkyl halides is 3. The van der Waals surface area contributed by atoms with Crippen molar-refractivity contribution in [1.29, 1.82) is 0 Å².